The van der Waals surface area contributed by atoms with Crippen LogP contribution in [0.2, 0.25) is 0 Å². The molecule has 0 spiro atoms. The Bertz CT molecular complexity index is 318. The van der Waals surface area contributed by atoms with Crippen LogP contribution in [-0.2, 0) is 8.54 Å². The van der Waals surface area contributed by atoms with Gasteiger partial charge in [0.1, 0.15) is 5.75 Å². The fourth-order valence-electron chi connectivity index (χ4n) is 0.614. The summed E-state index contributed by atoms with van der Waals surface area (Å²) in [5.41, 5.74) is 0. The highest BCUT2D eigenvalue weighted by Crippen LogP contribution is 2.43. The van der Waals surface area contributed by atoms with Gasteiger partial charge in [-0.3, -0.25) is 4.57 Å². The first kappa shape index (κ1) is 10.6. The van der Waals surface area contributed by atoms with Gasteiger partial charge in [-0.15, -0.1) is 0 Å². The molecule has 0 aliphatic heterocycles. The highest BCUT2D eigenvalue weighted by atomic mass is 32.2. The molecule has 1 aromatic rings. The Morgan fingerprint density at radius 3 is 2.38 bits per heavy atom. The predicted octanol–water partition coefficient (Wildman–Crippen LogP) is 2.23. The fraction of sp³-hybridized carbons (Fsp3) is 0.143. The summed E-state index contributed by atoms with van der Waals surface area (Å²) in [6.07, 6.45) is 0. The molecule has 13 heavy (non-hydrogen) atoms. The molecule has 1 atom stereocenters. The highest BCUT2D eigenvalue weighted by molar-refractivity contribution is 7.98. The fourth-order valence-corrected chi connectivity index (χ4v) is 1.76. The summed E-state index contributed by atoms with van der Waals surface area (Å²) < 4.78 is 15.3. The Hall–Kier alpha value is -0.480. The Morgan fingerprint density at radius 1 is 1.38 bits per heavy atom. The molecular weight excluding hydrogens is 211 g/mol. The largest absolute Gasteiger partial charge is 0.508 e. The van der Waals surface area contributed by atoms with E-state index in [0.717, 1.165) is 18.7 Å². The number of benzene rings is 1. The molecular formula is C7H9O4PS. The van der Waals surface area contributed by atoms with Gasteiger partial charge in [-0.05, 0) is 24.3 Å². The molecule has 0 amide bonds. The van der Waals surface area contributed by atoms with E-state index >= 15 is 0 Å². The molecule has 4 nitrogen and oxygen atoms in total. The zero-order chi connectivity index (χ0) is 9.90. The van der Waals surface area contributed by atoms with Crippen molar-refractivity contribution in [3.63, 3.8) is 0 Å². The average molecular weight is 220 g/mol. The van der Waals surface area contributed by atoms with E-state index in [-0.39, 0.29) is 5.75 Å². The van der Waals surface area contributed by atoms with Crippen LogP contribution in [0.5, 0.6) is 5.75 Å². The maximum absolute atomic E-state index is 10.7. The second-order valence-electron chi connectivity index (χ2n) is 2.45. The van der Waals surface area contributed by atoms with E-state index in [1.807, 2.05) is 0 Å². The van der Waals surface area contributed by atoms with Crippen molar-refractivity contribution in [3.05, 3.63) is 24.3 Å². The van der Waals surface area contributed by atoms with Gasteiger partial charge in [0, 0.05) is 23.6 Å². The van der Waals surface area contributed by atoms with Crippen molar-refractivity contribution < 1.29 is 18.5 Å². The van der Waals surface area contributed by atoms with Gasteiger partial charge in [0.15, 0.2) is 0 Å². The second kappa shape index (κ2) is 4.15. The van der Waals surface area contributed by atoms with E-state index in [4.69, 9.17) is 10.00 Å². The lowest BCUT2D eigenvalue weighted by atomic mass is 10.3. The van der Waals surface area contributed by atoms with Crippen molar-refractivity contribution in [2.24, 2.45) is 0 Å². The number of rotatable bonds is 3. The third kappa shape index (κ3) is 4.33. The van der Waals surface area contributed by atoms with Crippen LogP contribution in [0.25, 0.3) is 0 Å². The molecule has 0 fully saturated rings. The van der Waals surface area contributed by atoms with Gasteiger partial charge in [-0.2, -0.15) is 0 Å². The molecule has 6 heteroatoms. The topological polar surface area (TPSA) is 66.8 Å². The molecule has 0 saturated heterocycles. The number of hydrogen-bond acceptors (Lipinski definition) is 4. The first-order chi connectivity index (χ1) is 5.97. The van der Waals surface area contributed by atoms with E-state index in [0.29, 0.717) is 4.90 Å². The van der Waals surface area contributed by atoms with E-state index in [2.05, 4.69) is 3.97 Å². The second-order valence-corrected chi connectivity index (χ2v) is 5.30. The van der Waals surface area contributed by atoms with E-state index in [9.17, 15) is 4.57 Å². The third-order valence-corrected chi connectivity index (χ3v) is 2.98. The van der Waals surface area contributed by atoms with Crippen molar-refractivity contribution in [3.8, 4) is 5.75 Å². The van der Waals surface area contributed by atoms with Gasteiger partial charge in [0.25, 0.3) is 0 Å². The monoisotopic (exact) mass is 220 g/mol. The Labute approximate surface area is 80.3 Å². The number of phenolic OH excluding ortho intramolecular Hbond substituents is 1. The van der Waals surface area contributed by atoms with Crippen LogP contribution in [0, 0.1) is 0 Å². The van der Waals surface area contributed by atoms with E-state index in [1.54, 1.807) is 12.1 Å². The molecule has 2 N–H and O–H groups in total. The van der Waals surface area contributed by atoms with Gasteiger partial charge < -0.3 is 10.00 Å². The summed E-state index contributed by atoms with van der Waals surface area (Å²) in [4.78, 5) is 9.46. The van der Waals surface area contributed by atoms with Crippen LogP contribution >= 0.6 is 19.6 Å². The molecule has 1 rings (SSSR count). The summed E-state index contributed by atoms with van der Waals surface area (Å²) in [5.74, 6) is 0.146. The zero-order valence-corrected chi connectivity index (χ0v) is 8.59. The van der Waals surface area contributed by atoms with Crippen molar-refractivity contribution in [2.75, 3.05) is 6.66 Å². The molecule has 0 aliphatic carbocycles. The minimum atomic E-state index is -3.44. The average Bonchev–Trinajstić information content (AvgIpc) is 2.02. The van der Waals surface area contributed by atoms with E-state index in [1.165, 1.54) is 12.1 Å². The molecule has 1 unspecified atom stereocenters. The Morgan fingerprint density at radius 2 is 1.92 bits per heavy atom. The molecule has 72 valence electrons. The minimum absolute atomic E-state index is 0.146. The highest BCUT2D eigenvalue weighted by Gasteiger charge is 2.10. The molecule has 0 radical (unpaired) electrons. The number of phenols is 1. The van der Waals surface area contributed by atoms with Crippen molar-refractivity contribution in [2.45, 2.75) is 4.90 Å². The maximum Gasteiger partial charge on any atom is 0.336 e. The van der Waals surface area contributed by atoms with Gasteiger partial charge in [0.2, 0.25) is 0 Å². The molecule has 0 heterocycles. The van der Waals surface area contributed by atoms with Crippen LogP contribution in [0.3, 0.4) is 0 Å². The van der Waals surface area contributed by atoms with Crippen molar-refractivity contribution >= 4 is 19.6 Å². The molecule has 0 bridgehead atoms. The van der Waals surface area contributed by atoms with Crippen LogP contribution in [-0.4, -0.2) is 16.7 Å². The maximum atomic E-state index is 10.7. The van der Waals surface area contributed by atoms with Crippen LogP contribution in [0.4, 0.5) is 0 Å². The summed E-state index contributed by atoms with van der Waals surface area (Å²) in [6.45, 7) is 1.11. The van der Waals surface area contributed by atoms with Crippen molar-refractivity contribution in [1.82, 2.24) is 0 Å². The number of hydrogen-bond donors (Lipinski definition) is 2. The summed E-state index contributed by atoms with van der Waals surface area (Å²) >= 11 is 0.812. The summed E-state index contributed by atoms with van der Waals surface area (Å²) in [6, 6.07) is 6.14. The quantitative estimate of drug-likeness (QED) is 0.604. The lowest BCUT2D eigenvalue weighted by molar-refractivity contribution is 0.409. The molecule has 0 aromatic heterocycles. The molecule has 0 aliphatic rings. The first-order valence-electron chi connectivity index (χ1n) is 3.43. The first-order valence-corrected chi connectivity index (χ1v) is 6.19. The third-order valence-electron chi connectivity index (χ3n) is 1.11. The minimum Gasteiger partial charge on any atom is -0.508 e. The lowest BCUT2D eigenvalue weighted by Crippen LogP contribution is -1.77. The Balaban J connectivity index is 2.56. The summed E-state index contributed by atoms with van der Waals surface area (Å²) in [7, 11) is -3.44. The Kier molecular flexibility index (Phi) is 3.39. The van der Waals surface area contributed by atoms with Gasteiger partial charge in [0.05, 0.1) is 0 Å². The number of aromatic hydroxyl groups is 1. The lowest BCUT2D eigenvalue weighted by Gasteiger charge is -2.04. The van der Waals surface area contributed by atoms with Crippen LogP contribution in [0.15, 0.2) is 29.2 Å². The van der Waals surface area contributed by atoms with Crippen LogP contribution < -0.4 is 0 Å². The molecule has 0 saturated carbocycles. The van der Waals surface area contributed by atoms with Gasteiger partial charge >= 0.3 is 7.60 Å². The molecule has 1 aromatic carbocycles. The SMILES string of the molecule is CP(=O)(O)OSc1ccc(O)cc1. The zero-order valence-electron chi connectivity index (χ0n) is 6.88. The van der Waals surface area contributed by atoms with Gasteiger partial charge in [-0.25, -0.2) is 3.97 Å². The standard InChI is InChI=1S/C7H9O4PS/c1-12(9,10)11-13-7-4-2-6(8)3-5-7/h2-5,8H,1H3,(H,9,10). The smallest absolute Gasteiger partial charge is 0.336 e. The summed E-state index contributed by atoms with van der Waals surface area (Å²) in [5, 5.41) is 8.93. The van der Waals surface area contributed by atoms with Crippen molar-refractivity contribution in [1.29, 1.82) is 0 Å². The van der Waals surface area contributed by atoms with Crippen LogP contribution in [0.1, 0.15) is 0 Å². The van der Waals surface area contributed by atoms with E-state index < -0.39 is 7.60 Å². The van der Waals surface area contributed by atoms with Gasteiger partial charge in [-0.1, -0.05) is 0 Å². The normalized spacial score (nSPS) is 15.2. The predicted molar refractivity (Wildman–Crippen MR) is 50.8 cm³/mol.